The number of amides is 1. The number of hydrogen-bond acceptors (Lipinski definition) is 2. The van der Waals surface area contributed by atoms with Gasteiger partial charge in [-0.2, -0.15) is 0 Å². The highest BCUT2D eigenvalue weighted by Gasteiger charge is 2.33. The van der Waals surface area contributed by atoms with Crippen molar-refractivity contribution in [1.82, 2.24) is 10.2 Å². The summed E-state index contributed by atoms with van der Waals surface area (Å²) in [7, 11) is 4.05. The number of carbonyl (C=O) groups excluding carboxylic acids is 1. The highest BCUT2D eigenvalue weighted by Crippen LogP contribution is 2.30. The van der Waals surface area contributed by atoms with Gasteiger partial charge in [0.05, 0.1) is 0 Å². The average Bonchev–Trinajstić information content (AvgIpc) is 2.97. The molecule has 21 heavy (non-hydrogen) atoms. The standard InChI is InChI=1S/C18H26N2O/c1-19-16-7-9-17(10-8-16)20(2)18(21)15-11-13-5-3-4-6-14(13)12-15/h3-6,15-17,19H,7-12H2,1-2H3. The quantitative estimate of drug-likeness (QED) is 0.925. The lowest BCUT2D eigenvalue weighted by Gasteiger charge is -2.35. The van der Waals surface area contributed by atoms with Crippen LogP contribution in [-0.4, -0.2) is 37.0 Å². The van der Waals surface area contributed by atoms with Gasteiger partial charge in [0.2, 0.25) is 5.91 Å². The molecule has 0 bridgehead atoms. The molecule has 0 heterocycles. The first-order chi connectivity index (χ1) is 10.2. The molecule has 3 heteroatoms. The molecule has 0 aromatic heterocycles. The van der Waals surface area contributed by atoms with Crippen molar-refractivity contribution in [1.29, 1.82) is 0 Å². The van der Waals surface area contributed by atoms with E-state index in [0.29, 0.717) is 18.0 Å². The third-order valence-corrected chi connectivity index (χ3v) is 5.40. The van der Waals surface area contributed by atoms with Crippen LogP contribution in [0.5, 0.6) is 0 Å². The minimum absolute atomic E-state index is 0.162. The van der Waals surface area contributed by atoms with Gasteiger partial charge >= 0.3 is 0 Å². The molecule has 0 radical (unpaired) electrons. The largest absolute Gasteiger partial charge is 0.343 e. The number of rotatable bonds is 3. The molecule has 1 aromatic rings. The zero-order chi connectivity index (χ0) is 14.8. The van der Waals surface area contributed by atoms with Gasteiger partial charge in [-0.1, -0.05) is 24.3 Å². The summed E-state index contributed by atoms with van der Waals surface area (Å²) in [4.78, 5) is 14.8. The van der Waals surface area contributed by atoms with Crippen molar-refractivity contribution in [2.24, 2.45) is 5.92 Å². The summed E-state index contributed by atoms with van der Waals surface area (Å²) >= 11 is 0. The zero-order valence-corrected chi connectivity index (χ0v) is 13.1. The molecule has 2 aliphatic rings. The van der Waals surface area contributed by atoms with Gasteiger partial charge in [-0.05, 0) is 56.7 Å². The Hall–Kier alpha value is -1.35. The third kappa shape index (κ3) is 2.98. The Morgan fingerprint density at radius 1 is 1.10 bits per heavy atom. The molecule has 3 rings (SSSR count). The molecule has 1 saturated carbocycles. The van der Waals surface area contributed by atoms with Crippen molar-refractivity contribution in [2.75, 3.05) is 14.1 Å². The van der Waals surface area contributed by atoms with Crippen molar-refractivity contribution < 1.29 is 4.79 Å². The number of nitrogens with one attached hydrogen (secondary N) is 1. The van der Waals surface area contributed by atoms with Crippen LogP contribution in [-0.2, 0) is 17.6 Å². The number of carbonyl (C=O) groups is 1. The lowest BCUT2D eigenvalue weighted by molar-refractivity contribution is -0.136. The van der Waals surface area contributed by atoms with E-state index in [9.17, 15) is 4.79 Å². The fourth-order valence-corrected chi connectivity index (χ4v) is 3.95. The Bertz CT molecular complexity index is 481. The van der Waals surface area contributed by atoms with Crippen LogP contribution in [0, 0.1) is 5.92 Å². The van der Waals surface area contributed by atoms with E-state index < -0.39 is 0 Å². The fourth-order valence-electron chi connectivity index (χ4n) is 3.95. The second-order valence-corrected chi connectivity index (χ2v) is 6.62. The SMILES string of the molecule is CNC1CCC(N(C)C(=O)C2Cc3ccccc3C2)CC1. The number of fused-ring (bicyclic) bond motifs is 1. The van der Waals surface area contributed by atoms with Crippen LogP contribution in [0.15, 0.2) is 24.3 Å². The fraction of sp³-hybridized carbons (Fsp3) is 0.611. The molecule has 2 aliphatic carbocycles. The molecule has 114 valence electrons. The predicted octanol–water partition coefficient (Wildman–Crippen LogP) is 2.39. The van der Waals surface area contributed by atoms with Crippen molar-refractivity contribution >= 4 is 5.91 Å². The number of nitrogens with zero attached hydrogens (tertiary/aromatic N) is 1. The lowest BCUT2D eigenvalue weighted by atomic mass is 9.89. The maximum atomic E-state index is 12.8. The summed E-state index contributed by atoms with van der Waals surface area (Å²) in [6.45, 7) is 0. The summed E-state index contributed by atoms with van der Waals surface area (Å²) in [6, 6.07) is 9.57. The van der Waals surface area contributed by atoms with E-state index in [1.54, 1.807) is 0 Å². The molecule has 1 amide bonds. The Balaban J connectivity index is 1.59. The van der Waals surface area contributed by atoms with Crippen LogP contribution in [0.1, 0.15) is 36.8 Å². The van der Waals surface area contributed by atoms with Gasteiger partial charge in [0.15, 0.2) is 0 Å². The highest BCUT2D eigenvalue weighted by molar-refractivity contribution is 5.80. The number of hydrogen-bond donors (Lipinski definition) is 1. The maximum Gasteiger partial charge on any atom is 0.226 e. The van der Waals surface area contributed by atoms with E-state index in [0.717, 1.165) is 25.7 Å². The Labute approximate surface area is 127 Å². The summed E-state index contributed by atoms with van der Waals surface area (Å²) in [5.41, 5.74) is 2.73. The first kappa shape index (κ1) is 14.6. The van der Waals surface area contributed by atoms with E-state index in [1.807, 2.05) is 19.0 Å². The first-order valence-electron chi connectivity index (χ1n) is 8.19. The van der Waals surface area contributed by atoms with Crippen LogP contribution >= 0.6 is 0 Å². The van der Waals surface area contributed by atoms with E-state index >= 15 is 0 Å². The van der Waals surface area contributed by atoms with Gasteiger partial charge in [-0.15, -0.1) is 0 Å². The molecule has 0 unspecified atom stereocenters. The summed E-state index contributed by atoms with van der Waals surface area (Å²) in [6.07, 6.45) is 6.48. The maximum absolute atomic E-state index is 12.8. The second-order valence-electron chi connectivity index (χ2n) is 6.62. The molecule has 0 atom stereocenters. The van der Waals surface area contributed by atoms with Gasteiger partial charge in [0, 0.05) is 25.0 Å². The topological polar surface area (TPSA) is 32.3 Å². The van der Waals surface area contributed by atoms with E-state index in [-0.39, 0.29) is 5.92 Å². The summed E-state index contributed by atoms with van der Waals surface area (Å²) < 4.78 is 0. The van der Waals surface area contributed by atoms with E-state index in [1.165, 1.54) is 24.0 Å². The normalized spacial score (nSPS) is 25.6. The van der Waals surface area contributed by atoms with E-state index in [2.05, 4.69) is 29.6 Å². The molecule has 1 fully saturated rings. The van der Waals surface area contributed by atoms with Crippen LogP contribution in [0.4, 0.5) is 0 Å². The molecular weight excluding hydrogens is 260 g/mol. The van der Waals surface area contributed by atoms with Gasteiger partial charge in [0.1, 0.15) is 0 Å². The van der Waals surface area contributed by atoms with Crippen molar-refractivity contribution in [3.05, 3.63) is 35.4 Å². The molecule has 1 N–H and O–H groups in total. The molecule has 3 nitrogen and oxygen atoms in total. The minimum Gasteiger partial charge on any atom is -0.343 e. The third-order valence-electron chi connectivity index (χ3n) is 5.40. The van der Waals surface area contributed by atoms with Gasteiger partial charge in [0.25, 0.3) is 0 Å². The second kappa shape index (κ2) is 6.18. The number of benzene rings is 1. The summed E-state index contributed by atoms with van der Waals surface area (Å²) in [5, 5.41) is 3.36. The lowest BCUT2D eigenvalue weighted by Crippen LogP contribution is -2.44. The van der Waals surface area contributed by atoms with E-state index in [4.69, 9.17) is 0 Å². The smallest absolute Gasteiger partial charge is 0.226 e. The predicted molar refractivity (Wildman–Crippen MR) is 85.2 cm³/mol. The monoisotopic (exact) mass is 286 g/mol. The first-order valence-corrected chi connectivity index (χ1v) is 8.19. The van der Waals surface area contributed by atoms with Crippen LogP contribution < -0.4 is 5.32 Å². The van der Waals surface area contributed by atoms with Crippen LogP contribution in [0.25, 0.3) is 0 Å². The Morgan fingerprint density at radius 3 is 2.19 bits per heavy atom. The Morgan fingerprint density at radius 2 is 1.67 bits per heavy atom. The molecule has 0 aliphatic heterocycles. The van der Waals surface area contributed by atoms with Gasteiger partial charge in [-0.25, -0.2) is 0 Å². The summed E-state index contributed by atoms with van der Waals surface area (Å²) in [5.74, 6) is 0.508. The molecule has 0 saturated heterocycles. The molecule has 0 spiro atoms. The highest BCUT2D eigenvalue weighted by atomic mass is 16.2. The van der Waals surface area contributed by atoms with Gasteiger partial charge < -0.3 is 10.2 Å². The van der Waals surface area contributed by atoms with Crippen molar-refractivity contribution in [3.63, 3.8) is 0 Å². The van der Waals surface area contributed by atoms with Crippen LogP contribution in [0.3, 0.4) is 0 Å². The zero-order valence-electron chi connectivity index (χ0n) is 13.1. The van der Waals surface area contributed by atoms with Gasteiger partial charge in [-0.3, -0.25) is 4.79 Å². The molecular formula is C18H26N2O. The minimum atomic E-state index is 0.162. The van der Waals surface area contributed by atoms with Crippen molar-refractivity contribution in [3.8, 4) is 0 Å². The molecule has 1 aromatic carbocycles. The van der Waals surface area contributed by atoms with Crippen molar-refractivity contribution in [2.45, 2.75) is 50.6 Å². The van der Waals surface area contributed by atoms with Crippen LogP contribution in [0.2, 0.25) is 0 Å². The average molecular weight is 286 g/mol. The Kier molecular flexibility index (Phi) is 4.29.